The average Bonchev–Trinajstić information content (AvgIpc) is 3.47. The van der Waals surface area contributed by atoms with Crippen LogP contribution >= 0.6 is 0 Å². The van der Waals surface area contributed by atoms with Crippen LogP contribution in [0.5, 0.6) is 5.75 Å². The van der Waals surface area contributed by atoms with Crippen molar-refractivity contribution in [2.75, 3.05) is 7.11 Å². The third kappa shape index (κ3) is 4.30. The van der Waals surface area contributed by atoms with Crippen LogP contribution in [0.1, 0.15) is 22.6 Å². The van der Waals surface area contributed by atoms with Gasteiger partial charge in [0.15, 0.2) is 13.6 Å². The van der Waals surface area contributed by atoms with Gasteiger partial charge >= 0.3 is 0 Å². The minimum atomic E-state index is 0.654. The normalized spacial score (nSPS) is 11.4. The Balaban J connectivity index is 1.49. The fourth-order valence-electron chi connectivity index (χ4n) is 4.19. The molecule has 170 valence electrons. The molecule has 5 rings (SSSR count). The molecule has 8 nitrogen and oxygen atoms in total. The summed E-state index contributed by atoms with van der Waals surface area (Å²) in [6.07, 6.45) is 3.51. The van der Waals surface area contributed by atoms with Gasteiger partial charge in [0.25, 0.3) is 0 Å². The quantitative estimate of drug-likeness (QED) is 0.382. The summed E-state index contributed by atoms with van der Waals surface area (Å²) in [6.45, 7) is 5.51. The van der Waals surface area contributed by atoms with Gasteiger partial charge < -0.3 is 14.5 Å². The molecule has 0 amide bonds. The van der Waals surface area contributed by atoms with E-state index >= 15 is 0 Å². The van der Waals surface area contributed by atoms with E-state index in [0.717, 1.165) is 57.7 Å². The van der Waals surface area contributed by atoms with Crippen LogP contribution in [0.25, 0.3) is 28.3 Å². The largest absolute Gasteiger partial charge is 0.496 e. The number of fused-ring (bicyclic) bond motifs is 1. The smallest absolute Gasteiger partial charge is 0.186 e. The highest BCUT2D eigenvalue weighted by Crippen LogP contribution is 2.30. The van der Waals surface area contributed by atoms with Crippen LogP contribution < -0.4 is 4.74 Å². The Bertz CT molecular complexity index is 1460. The predicted octanol–water partition coefficient (Wildman–Crippen LogP) is 3.36. The van der Waals surface area contributed by atoms with Gasteiger partial charge in [-0.15, -0.1) is 0 Å². The second kappa shape index (κ2) is 9.11. The fourth-order valence-corrected chi connectivity index (χ4v) is 4.19. The molecule has 1 aromatic carbocycles. The van der Waals surface area contributed by atoms with Crippen molar-refractivity contribution in [3.05, 3.63) is 83.7 Å². The molecule has 0 saturated heterocycles. The first-order valence-corrected chi connectivity index (χ1v) is 11.2. The van der Waals surface area contributed by atoms with Crippen LogP contribution in [0.3, 0.4) is 0 Å². The van der Waals surface area contributed by atoms with Gasteiger partial charge in [-0.25, -0.2) is 14.5 Å². The van der Waals surface area contributed by atoms with Crippen LogP contribution in [0, 0.1) is 13.8 Å². The molecule has 0 radical (unpaired) electrons. The molecule has 0 spiro atoms. The predicted molar refractivity (Wildman–Crippen MR) is 134 cm³/mol. The minimum absolute atomic E-state index is 0.654. The van der Waals surface area contributed by atoms with E-state index in [1.54, 1.807) is 18.0 Å². The van der Waals surface area contributed by atoms with E-state index in [4.69, 9.17) is 14.7 Å². The lowest BCUT2D eigenvalue weighted by Gasteiger charge is -2.18. The van der Waals surface area contributed by atoms with E-state index in [9.17, 15) is 0 Å². The molecule has 9 heteroatoms. The summed E-state index contributed by atoms with van der Waals surface area (Å²) in [4.78, 5) is 19.7. The summed E-state index contributed by atoms with van der Waals surface area (Å²) in [6, 6.07) is 16.1. The Morgan fingerprint density at radius 2 is 1.88 bits per heavy atom. The SMILES string of the molecule is BN(Cc1nc(-c2cccc(C)n2)c(-c2ccc3ncnn3c2)[nH]1)Cc1cccc(OC)c1C. The molecule has 0 atom stereocenters. The maximum absolute atomic E-state index is 5.48. The lowest BCUT2D eigenvalue weighted by atomic mass is 10.1. The number of hydrogen-bond acceptors (Lipinski definition) is 6. The summed E-state index contributed by atoms with van der Waals surface area (Å²) in [5, 5.41) is 4.28. The zero-order valence-electron chi connectivity index (χ0n) is 19.8. The Labute approximate surface area is 199 Å². The molecule has 34 heavy (non-hydrogen) atoms. The first kappa shape index (κ1) is 21.8. The highest BCUT2D eigenvalue weighted by atomic mass is 16.5. The highest BCUT2D eigenvalue weighted by Gasteiger charge is 2.17. The van der Waals surface area contributed by atoms with Gasteiger partial charge in [-0.2, -0.15) is 5.10 Å². The molecule has 4 heterocycles. The number of nitrogens with zero attached hydrogens (tertiary/aromatic N) is 6. The van der Waals surface area contributed by atoms with Crippen molar-refractivity contribution < 1.29 is 4.74 Å². The molecule has 0 fully saturated rings. The molecule has 0 aliphatic rings. The van der Waals surface area contributed by atoms with Gasteiger partial charge in [-0.3, -0.25) is 4.98 Å². The van der Waals surface area contributed by atoms with Crippen molar-refractivity contribution in [3.63, 3.8) is 0 Å². The molecule has 0 aliphatic carbocycles. The summed E-state index contributed by atoms with van der Waals surface area (Å²) < 4.78 is 7.25. The van der Waals surface area contributed by atoms with Crippen LogP contribution in [0.15, 0.2) is 61.1 Å². The van der Waals surface area contributed by atoms with Crippen molar-refractivity contribution in [1.29, 1.82) is 0 Å². The topological polar surface area (TPSA) is 84.2 Å². The molecule has 4 aromatic heterocycles. The molecule has 0 unspecified atom stereocenters. The number of aryl methyl sites for hydroxylation is 1. The number of benzene rings is 1. The Morgan fingerprint density at radius 3 is 2.71 bits per heavy atom. The van der Waals surface area contributed by atoms with E-state index in [-0.39, 0.29) is 0 Å². The van der Waals surface area contributed by atoms with E-state index in [1.807, 2.05) is 55.6 Å². The number of H-pyrrole nitrogens is 1. The molecule has 0 saturated carbocycles. The standard InChI is InChI=1S/C25H26BN7O/c1-16-6-4-8-20(29-16)25-24(19-10-11-23-27-15-28-33(23)13-19)30-22(31-25)14-32(26)12-18-7-5-9-21(34-3)17(18)2/h4-11,13,15H,12,14,26H2,1-3H3,(H,30,31). The van der Waals surface area contributed by atoms with E-state index < -0.39 is 0 Å². The van der Waals surface area contributed by atoms with Gasteiger partial charge in [0, 0.05) is 30.5 Å². The van der Waals surface area contributed by atoms with E-state index in [2.05, 4.69) is 40.8 Å². The van der Waals surface area contributed by atoms with E-state index in [0.29, 0.717) is 6.54 Å². The molecule has 5 aromatic rings. The summed E-state index contributed by atoms with van der Waals surface area (Å²) in [5.74, 6) is 1.78. The second-order valence-electron chi connectivity index (χ2n) is 8.47. The van der Waals surface area contributed by atoms with Gasteiger partial charge in [-0.05, 0) is 55.3 Å². The number of methoxy groups -OCH3 is 1. The number of nitrogens with one attached hydrogen (secondary N) is 1. The van der Waals surface area contributed by atoms with Crippen LogP contribution in [0.4, 0.5) is 0 Å². The summed E-state index contributed by atoms with van der Waals surface area (Å²) >= 11 is 0. The Morgan fingerprint density at radius 1 is 1.03 bits per heavy atom. The van der Waals surface area contributed by atoms with E-state index in [1.165, 1.54) is 5.56 Å². The molecule has 1 N–H and O–H groups in total. The first-order valence-electron chi connectivity index (χ1n) is 11.2. The Kier molecular flexibility index (Phi) is 5.85. The van der Waals surface area contributed by atoms with Crippen LogP contribution in [-0.4, -0.2) is 49.5 Å². The minimum Gasteiger partial charge on any atom is -0.496 e. The summed E-state index contributed by atoms with van der Waals surface area (Å²) in [7, 11) is 3.80. The number of pyridine rings is 2. The van der Waals surface area contributed by atoms with Gasteiger partial charge in [0.1, 0.15) is 23.6 Å². The number of imidazole rings is 1. The lowest BCUT2D eigenvalue weighted by molar-refractivity contribution is 0.405. The first-order chi connectivity index (χ1) is 16.5. The number of aromatic amines is 1. The molecule has 0 bridgehead atoms. The maximum Gasteiger partial charge on any atom is 0.186 e. The van der Waals surface area contributed by atoms with Crippen molar-refractivity contribution in [2.24, 2.45) is 0 Å². The van der Waals surface area contributed by atoms with Gasteiger partial charge in [0.05, 0.1) is 18.5 Å². The molecular formula is C25H26BN7O. The van der Waals surface area contributed by atoms with Gasteiger partial charge in [-0.1, -0.05) is 18.2 Å². The number of hydrogen-bond donors (Lipinski definition) is 1. The van der Waals surface area contributed by atoms with Crippen LogP contribution in [0.2, 0.25) is 0 Å². The van der Waals surface area contributed by atoms with Gasteiger partial charge in [0.2, 0.25) is 0 Å². The number of rotatable bonds is 7. The third-order valence-electron chi connectivity index (χ3n) is 5.92. The fraction of sp³-hybridized carbons (Fsp3) is 0.200. The average molecular weight is 451 g/mol. The lowest BCUT2D eigenvalue weighted by Crippen LogP contribution is -2.20. The van der Waals surface area contributed by atoms with Crippen molar-refractivity contribution in [1.82, 2.24) is 34.4 Å². The number of aromatic nitrogens is 6. The zero-order valence-corrected chi connectivity index (χ0v) is 19.8. The van der Waals surface area contributed by atoms with Crippen molar-refractivity contribution >= 4 is 13.6 Å². The zero-order chi connectivity index (χ0) is 23.7. The second-order valence-corrected chi connectivity index (χ2v) is 8.47. The van der Waals surface area contributed by atoms with Crippen LogP contribution in [-0.2, 0) is 13.1 Å². The molecular weight excluding hydrogens is 425 g/mol. The monoisotopic (exact) mass is 451 g/mol. The third-order valence-corrected chi connectivity index (χ3v) is 5.92. The van der Waals surface area contributed by atoms with Crippen molar-refractivity contribution in [3.8, 4) is 28.4 Å². The highest BCUT2D eigenvalue weighted by molar-refractivity contribution is 6.04. The summed E-state index contributed by atoms with van der Waals surface area (Å²) in [5.41, 5.74) is 7.68. The maximum atomic E-state index is 5.48. The Hall–Kier alpha value is -3.98. The molecule has 0 aliphatic heterocycles. The number of ether oxygens (including phenoxy) is 1. The van der Waals surface area contributed by atoms with Crippen molar-refractivity contribution in [2.45, 2.75) is 26.9 Å².